The molecule has 0 radical (unpaired) electrons. The van der Waals surface area contributed by atoms with Gasteiger partial charge >= 0.3 is 16.2 Å². The van der Waals surface area contributed by atoms with Gasteiger partial charge in [0, 0.05) is 80.4 Å². The first-order valence-corrected chi connectivity index (χ1v) is 18.3. The van der Waals surface area contributed by atoms with Crippen LogP contribution < -0.4 is 9.62 Å². The SMILES string of the molecule is O=C(O)c1ccc(N2CCN(CCc3ccc(-c4cnc5[nH]cc(C(=O)c6c(F)ccc(NS(=O)(=O)N7CC[C@@H](F)C7)c6F)c5c4)cc3)CC2)cc1F. The molecule has 7 rings (SSSR count). The van der Waals surface area contributed by atoms with Crippen molar-refractivity contribution in [2.75, 3.05) is 55.4 Å². The number of nitrogens with one attached hydrogen (secondary N) is 2. The highest BCUT2D eigenvalue weighted by atomic mass is 32.2. The van der Waals surface area contributed by atoms with Gasteiger partial charge in [0.1, 0.15) is 23.5 Å². The lowest BCUT2D eigenvalue weighted by Crippen LogP contribution is -2.47. The summed E-state index contributed by atoms with van der Waals surface area (Å²) in [6, 6.07) is 15.3. The summed E-state index contributed by atoms with van der Waals surface area (Å²) >= 11 is 0. The number of aromatic nitrogens is 2. The third-order valence-corrected chi connectivity index (χ3v) is 11.2. The largest absolute Gasteiger partial charge is 0.478 e. The van der Waals surface area contributed by atoms with Crippen LogP contribution in [0.15, 0.2) is 73.1 Å². The van der Waals surface area contributed by atoms with Crippen LogP contribution in [0.1, 0.15) is 38.3 Å². The molecule has 1 atom stereocenters. The number of benzene rings is 3. The first-order valence-electron chi connectivity index (χ1n) is 16.9. The molecule has 4 heterocycles. The van der Waals surface area contributed by atoms with Crippen LogP contribution in [0.3, 0.4) is 0 Å². The van der Waals surface area contributed by atoms with Crippen LogP contribution in [-0.4, -0.2) is 96.4 Å². The van der Waals surface area contributed by atoms with Crippen molar-refractivity contribution in [2.24, 2.45) is 0 Å². The predicted octanol–water partition coefficient (Wildman–Crippen LogP) is 5.64. The van der Waals surface area contributed by atoms with Crippen molar-refractivity contribution in [2.45, 2.75) is 19.0 Å². The van der Waals surface area contributed by atoms with Gasteiger partial charge in [-0.25, -0.2) is 27.3 Å². The molecule has 0 amide bonds. The lowest BCUT2D eigenvalue weighted by molar-refractivity contribution is 0.0691. The van der Waals surface area contributed by atoms with Crippen LogP contribution in [0, 0.1) is 17.5 Å². The molecule has 11 nitrogen and oxygen atoms in total. The number of pyridine rings is 1. The number of hydrogen-bond acceptors (Lipinski definition) is 7. The van der Waals surface area contributed by atoms with E-state index in [1.165, 1.54) is 18.3 Å². The van der Waals surface area contributed by atoms with E-state index in [2.05, 4.69) is 14.9 Å². The number of alkyl halides is 1. The second-order valence-corrected chi connectivity index (χ2v) is 14.7. The van der Waals surface area contributed by atoms with Crippen molar-refractivity contribution in [3.05, 3.63) is 113 Å². The number of carbonyl (C=O) groups is 2. The maximum absolute atomic E-state index is 15.6. The lowest BCUT2D eigenvalue weighted by Gasteiger charge is -2.36. The van der Waals surface area contributed by atoms with E-state index in [9.17, 15) is 31.2 Å². The van der Waals surface area contributed by atoms with E-state index in [0.29, 0.717) is 35.4 Å². The normalized spacial score (nSPS) is 17.1. The number of fused-ring (bicyclic) bond motifs is 1. The molecule has 16 heteroatoms. The van der Waals surface area contributed by atoms with E-state index in [0.717, 1.165) is 53.6 Å². The number of carboxylic acids is 1. The summed E-state index contributed by atoms with van der Waals surface area (Å²) in [4.78, 5) is 36.3. The van der Waals surface area contributed by atoms with Crippen LogP contribution in [0.4, 0.5) is 28.9 Å². The maximum atomic E-state index is 15.6. The highest BCUT2D eigenvalue weighted by Gasteiger charge is 2.33. The quantitative estimate of drug-likeness (QED) is 0.117. The molecule has 276 valence electrons. The van der Waals surface area contributed by atoms with Crippen molar-refractivity contribution in [3.63, 3.8) is 0 Å². The molecular weight excluding hydrogens is 717 g/mol. The van der Waals surface area contributed by atoms with Gasteiger partial charge < -0.3 is 15.0 Å². The van der Waals surface area contributed by atoms with Gasteiger partial charge in [0.05, 0.1) is 16.8 Å². The number of rotatable bonds is 11. The van der Waals surface area contributed by atoms with Gasteiger partial charge in [-0.15, -0.1) is 0 Å². The van der Waals surface area contributed by atoms with E-state index < -0.39 is 63.4 Å². The van der Waals surface area contributed by atoms with Gasteiger partial charge in [0.2, 0.25) is 5.78 Å². The zero-order valence-corrected chi connectivity index (χ0v) is 29.0. The fourth-order valence-electron chi connectivity index (χ4n) is 6.69. The average molecular weight is 751 g/mol. The van der Waals surface area contributed by atoms with Crippen molar-refractivity contribution in [1.82, 2.24) is 19.2 Å². The van der Waals surface area contributed by atoms with Gasteiger partial charge in [0.25, 0.3) is 0 Å². The molecule has 0 aliphatic carbocycles. The molecule has 3 N–H and O–H groups in total. The summed E-state index contributed by atoms with van der Waals surface area (Å²) in [6.45, 7) is 3.18. The molecule has 2 fully saturated rings. The second kappa shape index (κ2) is 14.6. The number of ketones is 1. The minimum atomic E-state index is -4.35. The molecule has 2 saturated heterocycles. The van der Waals surface area contributed by atoms with Crippen molar-refractivity contribution >= 4 is 44.4 Å². The number of halogens is 4. The second-order valence-electron chi connectivity index (χ2n) is 13.0. The number of H-pyrrole nitrogens is 1. The number of nitrogens with zero attached hydrogens (tertiary/aromatic N) is 4. The van der Waals surface area contributed by atoms with Crippen LogP contribution in [0.5, 0.6) is 0 Å². The summed E-state index contributed by atoms with van der Waals surface area (Å²) in [6.07, 6.45) is 2.33. The lowest BCUT2D eigenvalue weighted by atomic mass is 9.99. The first-order chi connectivity index (χ1) is 25.4. The molecule has 5 aromatic rings. The Hall–Kier alpha value is -5.32. The smallest absolute Gasteiger partial charge is 0.338 e. The van der Waals surface area contributed by atoms with E-state index in [4.69, 9.17) is 5.11 Å². The molecule has 3 aromatic carbocycles. The minimum Gasteiger partial charge on any atom is -0.478 e. The Bertz CT molecular complexity index is 2310. The highest BCUT2D eigenvalue weighted by molar-refractivity contribution is 7.90. The molecule has 0 bridgehead atoms. The number of carboxylic acid groups (broad SMARTS) is 1. The summed E-state index contributed by atoms with van der Waals surface area (Å²) in [5.41, 5.74) is 1.49. The average Bonchev–Trinajstić information content (AvgIpc) is 3.79. The summed E-state index contributed by atoms with van der Waals surface area (Å²) in [7, 11) is -4.35. The highest BCUT2D eigenvalue weighted by Crippen LogP contribution is 2.31. The zero-order valence-electron chi connectivity index (χ0n) is 28.2. The molecule has 53 heavy (non-hydrogen) atoms. The van der Waals surface area contributed by atoms with Crippen molar-refractivity contribution < 1.29 is 40.7 Å². The molecule has 0 saturated carbocycles. The van der Waals surface area contributed by atoms with Gasteiger partial charge in [-0.1, -0.05) is 24.3 Å². The number of carbonyl (C=O) groups excluding carboxylic acids is 1. The van der Waals surface area contributed by atoms with Crippen LogP contribution in [-0.2, 0) is 16.6 Å². The molecular formula is C37H34F4N6O5S. The fourth-order valence-corrected chi connectivity index (χ4v) is 7.96. The molecule has 2 aromatic heterocycles. The summed E-state index contributed by atoms with van der Waals surface area (Å²) < 4.78 is 86.7. The number of aromatic carboxylic acids is 1. The van der Waals surface area contributed by atoms with Gasteiger partial charge in [-0.3, -0.25) is 14.4 Å². The fraction of sp³-hybridized carbons (Fsp3) is 0.270. The van der Waals surface area contributed by atoms with E-state index in [1.807, 2.05) is 33.9 Å². The standard InChI is InChI=1S/C37H34F4N6O5S/c38-25-10-12-47(21-25)53(51,52)44-32-8-7-30(39)33(34(32)41)35(48)29-20-43-36-28(29)17-24(19-42-36)23-3-1-22(2-4-23)9-11-45-13-15-46(16-14-45)26-5-6-27(37(49)50)31(40)18-26/h1-8,17-20,25,44H,9-16,21H2,(H,42,43)(H,49,50)/t25-/m1/s1. The van der Waals surface area contributed by atoms with E-state index in [-0.39, 0.29) is 24.1 Å². The molecule has 0 unspecified atom stereocenters. The molecule has 2 aliphatic heterocycles. The Labute approximate surface area is 302 Å². The molecule has 2 aliphatic rings. The number of aromatic amines is 1. The first kappa shape index (κ1) is 36.1. The van der Waals surface area contributed by atoms with Crippen molar-refractivity contribution in [3.8, 4) is 11.1 Å². The number of hydrogen-bond donors (Lipinski definition) is 3. The summed E-state index contributed by atoms with van der Waals surface area (Å²) in [5, 5.41) is 9.39. The third kappa shape index (κ3) is 7.47. The minimum absolute atomic E-state index is 0.00124. The van der Waals surface area contributed by atoms with Gasteiger partial charge in [-0.05, 0) is 60.4 Å². The van der Waals surface area contributed by atoms with Crippen LogP contribution in [0.25, 0.3) is 22.2 Å². The number of anilines is 2. The van der Waals surface area contributed by atoms with Crippen molar-refractivity contribution in [1.29, 1.82) is 0 Å². The summed E-state index contributed by atoms with van der Waals surface area (Å²) in [5.74, 6) is -5.65. The predicted molar refractivity (Wildman–Crippen MR) is 191 cm³/mol. The molecule has 0 spiro atoms. The van der Waals surface area contributed by atoms with Gasteiger partial charge in [-0.2, -0.15) is 12.7 Å². The van der Waals surface area contributed by atoms with Crippen LogP contribution in [0.2, 0.25) is 0 Å². The Morgan fingerprint density at radius 3 is 2.34 bits per heavy atom. The monoisotopic (exact) mass is 750 g/mol. The maximum Gasteiger partial charge on any atom is 0.338 e. The van der Waals surface area contributed by atoms with E-state index >= 15 is 4.39 Å². The van der Waals surface area contributed by atoms with Gasteiger partial charge in [0.15, 0.2) is 5.82 Å². The Morgan fingerprint density at radius 1 is 0.906 bits per heavy atom. The van der Waals surface area contributed by atoms with Crippen LogP contribution >= 0.6 is 0 Å². The zero-order chi connectivity index (χ0) is 37.4. The Morgan fingerprint density at radius 2 is 1.66 bits per heavy atom. The topological polar surface area (TPSA) is 139 Å². The Balaban J connectivity index is 1.01. The Kier molecular flexibility index (Phi) is 9.93. The third-order valence-electron chi connectivity index (χ3n) is 9.69. The van der Waals surface area contributed by atoms with E-state index in [1.54, 1.807) is 18.3 Å². The number of piperazine rings is 1.